The molecule has 0 unspecified atom stereocenters. The van der Waals surface area contributed by atoms with Crippen molar-refractivity contribution >= 4 is 16.7 Å². The lowest BCUT2D eigenvalue weighted by Gasteiger charge is -2.10. The minimum atomic E-state index is -4.49. The first kappa shape index (κ1) is 11.2. The summed E-state index contributed by atoms with van der Waals surface area (Å²) in [4.78, 5) is 14.7. The molecule has 0 amide bonds. The van der Waals surface area contributed by atoms with Crippen LogP contribution in [0.1, 0.15) is 5.56 Å². The van der Waals surface area contributed by atoms with Gasteiger partial charge in [0.1, 0.15) is 5.82 Å². The predicted molar refractivity (Wildman–Crippen MR) is 55.6 cm³/mol. The van der Waals surface area contributed by atoms with Crippen LogP contribution < -0.4 is 17.3 Å². The van der Waals surface area contributed by atoms with E-state index in [0.29, 0.717) is 4.68 Å². The van der Waals surface area contributed by atoms with Crippen LogP contribution in [0.15, 0.2) is 23.0 Å². The number of nitrogen functional groups attached to an aromatic ring is 2. The number of halogens is 3. The summed E-state index contributed by atoms with van der Waals surface area (Å²) in [5, 5.41) is -0.0121. The van der Waals surface area contributed by atoms with Gasteiger partial charge in [-0.15, -0.1) is 0 Å². The molecule has 17 heavy (non-hydrogen) atoms. The summed E-state index contributed by atoms with van der Waals surface area (Å²) in [7, 11) is 0. The van der Waals surface area contributed by atoms with Gasteiger partial charge in [-0.3, -0.25) is 0 Å². The summed E-state index contributed by atoms with van der Waals surface area (Å²) < 4.78 is 37.9. The molecule has 8 heteroatoms. The summed E-state index contributed by atoms with van der Waals surface area (Å²) in [5.74, 6) is 4.98. The normalized spacial score (nSPS) is 11.9. The van der Waals surface area contributed by atoms with Crippen LogP contribution in [-0.4, -0.2) is 9.66 Å². The van der Waals surface area contributed by atoms with Crippen LogP contribution in [0, 0.1) is 0 Å². The second-order valence-corrected chi connectivity index (χ2v) is 3.38. The summed E-state index contributed by atoms with van der Waals surface area (Å²) in [6.45, 7) is 0. The molecule has 2 aromatic rings. The Hall–Kier alpha value is -2.25. The molecule has 0 bridgehead atoms. The number of anilines is 1. The van der Waals surface area contributed by atoms with E-state index in [-0.39, 0.29) is 16.7 Å². The third-order valence-electron chi connectivity index (χ3n) is 2.28. The summed E-state index contributed by atoms with van der Waals surface area (Å²) in [6, 6.07) is 2.71. The van der Waals surface area contributed by atoms with Crippen molar-refractivity contribution in [3.63, 3.8) is 0 Å². The zero-order valence-corrected chi connectivity index (χ0v) is 8.32. The Morgan fingerprint density at radius 1 is 1.29 bits per heavy atom. The fourth-order valence-corrected chi connectivity index (χ4v) is 1.40. The van der Waals surface area contributed by atoms with Crippen LogP contribution in [0.25, 0.3) is 10.9 Å². The number of nitrogens with zero attached hydrogens (tertiary/aromatic N) is 2. The maximum atomic E-state index is 12.5. The average molecular weight is 244 g/mol. The molecule has 4 N–H and O–H groups in total. The average Bonchev–Trinajstić information content (AvgIpc) is 2.24. The van der Waals surface area contributed by atoms with Crippen LogP contribution in [0.5, 0.6) is 0 Å². The number of alkyl halides is 3. The van der Waals surface area contributed by atoms with E-state index in [0.717, 1.165) is 18.2 Å². The van der Waals surface area contributed by atoms with Crippen molar-refractivity contribution < 1.29 is 13.2 Å². The Kier molecular flexibility index (Phi) is 2.23. The van der Waals surface area contributed by atoms with Gasteiger partial charge in [-0.2, -0.15) is 22.8 Å². The minimum Gasteiger partial charge on any atom is -0.383 e. The van der Waals surface area contributed by atoms with Gasteiger partial charge in [-0.05, 0) is 18.2 Å². The van der Waals surface area contributed by atoms with E-state index < -0.39 is 17.4 Å². The molecule has 0 fully saturated rings. The van der Waals surface area contributed by atoms with Crippen molar-refractivity contribution in [2.24, 2.45) is 0 Å². The summed E-state index contributed by atoms with van der Waals surface area (Å²) in [6.07, 6.45) is -4.49. The fraction of sp³-hybridized carbons (Fsp3) is 0.111. The first-order valence-corrected chi connectivity index (χ1v) is 4.45. The number of nitrogens with two attached hydrogens (primary N) is 2. The van der Waals surface area contributed by atoms with Crippen molar-refractivity contribution in [3.8, 4) is 0 Å². The topological polar surface area (TPSA) is 86.9 Å². The van der Waals surface area contributed by atoms with Crippen LogP contribution >= 0.6 is 0 Å². The third-order valence-corrected chi connectivity index (χ3v) is 2.28. The monoisotopic (exact) mass is 244 g/mol. The second kappa shape index (κ2) is 3.37. The molecule has 2 rings (SSSR count). The molecule has 1 heterocycles. The van der Waals surface area contributed by atoms with Gasteiger partial charge in [0.25, 0.3) is 0 Å². The molecule has 0 aliphatic rings. The van der Waals surface area contributed by atoms with Crippen molar-refractivity contribution in [3.05, 3.63) is 34.2 Å². The smallest absolute Gasteiger partial charge is 0.383 e. The Morgan fingerprint density at radius 2 is 1.94 bits per heavy atom. The molecule has 0 aliphatic heterocycles. The van der Waals surface area contributed by atoms with Crippen molar-refractivity contribution in [1.82, 2.24) is 9.66 Å². The fourth-order valence-electron chi connectivity index (χ4n) is 1.40. The van der Waals surface area contributed by atoms with E-state index in [2.05, 4.69) is 4.98 Å². The number of aromatic nitrogens is 2. The molecule has 0 saturated carbocycles. The molecule has 5 nitrogen and oxygen atoms in total. The zero-order chi connectivity index (χ0) is 12.8. The highest BCUT2D eigenvalue weighted by Gasteiger charge is 2.30. The first-order chi connectivity index (χ1) is 7.80. The lowest BCUT2D eigenvalue weighted by atomic mass is 10.1. The van der Waals surface area contributed by atoms with Crippen LogP contribution in [0.3, 0.4) is 0 Å². The quantitative estimate of drug-likeness (QED) is 0.668. The molecule has 0 saturated heterocycles. The van der Waals surface area contributed by atoms with Gasteiger partial charge in [0.15, 0.2) is 0 Å². The van der Waals surface area contributed by atoms with Gasteiger partial charge in [0, 0.05) is 5.39 Å². The van der Waals surface area contributed by atoms with E-state index >= 15 is 0 Å². The number of hydrogen-bond donors (Lipinski definition) is 2. The van der Waals surface area contributed by atoms with E-state index in [9.17, 15) is 18.0 Å². The van der Waals surface area contributed by atoms with Gasteiger partial charge in [0.05, 0.1) is 11.1 Å². The van der Waals surface area contributed by atoms with Gasteiger partial charge in [-0.25, -0.2) is 4.79 Å². The molecule has 0 atom stereocenters. The SMILES string of the molecule is Nc1c2cc(C(F)(F)F)ccc2nc(=O)n1N. The number of hydrogen-bond acceptors (Lipinski definition) is 4. The second-order valence-electron chi connectivity index (χ2n) is 3.38. The zero-order valence-electron chi connectivity index (χ0n) is 8.32. The van der Waals surface area contributed by atoms with E-state index in [4.69, 9.17) is 11.6 Å². The van der Waals surface area contributed by atoms with E-state index in [1.165, 1.54) is 0 Å². The third kappa shape index (κ3) is 1.77. The summed E-state index contributed by atoms with van der Waals surface area (Å²) in [5.41, 5.74) is 3.83. The molecular formula is C9H7F3N4O. The standard InChI is InChI=1S/C9H7F3N4O/c10-9(11,12)4-1-2-6-5(3-4)7(13)16(14)8(17)15-6/h1-3H,13-14H2. The van der Waals surface area contributed by atoms with Gasteiger partial charge in [0.2, 0.25) is 0 Å². The molecule has 90 valence electrons. The predicted octanol–water partition coefficient (Wildman–Crippen LogP) is 0.711. The van der Waals surface area contributed by atoms with Crippen LogP contribution in [0.2, 0.25) is 0 Å². The van der Waals surface area contributed by atoms with Crippen molar-refractivity contribution in [2.75, 3.05) is 11.6 Å². The summed E-state index contributed by atoms with van der Waals surface area (Å²) >= 11 is 0. The highest BCUT2D eigenvalue weighted by atomic mass is 19.4. The Morgan fingerprint density at radius 3 is 2.53 bits per heavy atom. The van der Waals surface area contributed by atoms with Crippen LogP contribution in [0.4, 0.5) is 19.0 Å². The van der Waals surface area contributed by atoms with Crippen molar-refractivity contribution in [1.29, 1.82) is 0 Å². The van der Waals surface area contributed by atoms with Crippen LogP contribution in [-0.2, 0) is 6.18 Å². The van der Waals surface area contributed by atoms with Gasteiger partial charge < -0.3 is 11.6 Å². The lowest BCUT2D eigenvalue weighted by molar-refractivity contribution is -0.137. The Bertz CT molecular complexity index is 647. The van der Waals surface area contributed by atoms with Gasteiger partial charge >= 0.3 is 11.9 Å². The largest absolute Gasteiger partial charge is 0.416 e. The van der Waals surface area contributed by atoms with Gasteiger partial charge in [-0.1, -0.05) is 0 Å². The number of rotatable bonds is 0. The number of fused-ring (bicyclic) bond motifs is 1. The number of benzene rings is 1. The molecular weight excluding hydrogens is 237 g/mol. The molecule has 1 aromatic heterocycles. The van der Waals surface area contributed by atoms with E-state index in [1.807, 2.05) is 0 Å². The van der Waals surface area contributed by atoms with Crippen molar-refractivity contribution in [2.45, 2.75) is 6.18 Å². The maximum Gasteiger partial charge on any atom is 0.416 e. The molecule has 0 radical (unpaired) electrons. The maximum absolute atomic E-state index is 12.5. The molecule has 1 aromatic carbocycles. The highest BCUT2D eigenvalue weighted by molar-refractivity contribution is 5.88. The highest BCUT2D eigenvalue weighted by Crippen LogP contribution is 2.31. The first-order valence-electron chi connectivity index (χ1n) is 4.45. The van der Waals surface area contributed by atoms with E-state index in [1.54, 1.807) is 0 Å². The lowest BCUT2D eigenvalue weighted by Crippen LogP contribution is -2.31. The Labute approximate surface area is 92.4 Å². The molecule has 0 aliphatic carbocycles. The molecule has 0 spiro atoms. The minimum absolute atomic E-state index is 0.0121. The Balaban J connectivity index is 2.82.